The molecule has 5 nitrogen and oxygen atoms in total. The highest BCUT2D eigenvalue weighted by Crippen LogP contribution is 2.23. The zero-order valence-corrected chi connectivity index (χ0v) is 13.3. The van der Waals surface area contributed by atoms with Crippen molar-refractivity contribution in [3.8, 4) is 11.5 Å². The molecule has 0 aliphatic rings. The zero-order valence-electron chi connectivity index (χ0n) is 11.0. The molecule has 0 radical (unpaired) electrons. The summed E-state index contributed by atoms with van der Waals surface area (Å²) in [5.74, 6) is 0.136. The summed E-state index contributed by atoms with van der Waals surface area (Å²) in [5.41, 5.74) is 1.13. The molecule has 1 aromatic carbocycles. The minimum atomic E-state index is -0.541. The van der Waals surface area contributed by atoms with Gasteiger partial charge in [-0.2, -0.15) is 16.3 Å². The summed E-state index contributed by atoms with van der Waals surface area (Å²) in [6, 6.07) is 6.37. The molecular weight excluding hydrogens is 347 g/mol. The highest BCUT2D eigenvalue weighted by atomic mass is 35.5. The van der Waals surface area contributed by atoms with E-state index in [1.54, 1.807) is 0 Å². The largest absolute Gasteiger partial charge is 0.454 e. The van der Waals surface area contributed by atoms with Crippen molar-refractivity contribution in [1.29, 1.82) is 0 Å². The third-order valence-corrected chi connectivity index (χ3v) is 4.15. The van der Waals surface area contributed by atoms with Crippen LogP contribution >= 0.6 is 34.5 Å². The van der Waals surface area contributed by atoms with Crippen LogP contribution in [0.5, 0.6) is 0 Å². The number of esters is 1. The van der Waals surface area contributed by atoms with Crippen molar-refractivity contribution in [2.45, 2.75) is 6.61 Å². The Labute approximate surface area is 139 Å². The van der Waals surface area contributed by atoms with Crippen LogP contribution < -0.4 is 0 Å². The lowest BCUT2D eigenvalue weighted by molar-refractivity contribution is 0.0459. The van der Waals surface area contributed by atoms with Gasteiger partial charge < -0.3 is 9.26 Å². The van der Waals surface area contributed by atoms with Crippen molar-refractivity contribution in [2.75, 3.05) is 0 Å². The number of carbonyl (C=O) groups excluding carboxylic acids is 1. The molecule has 3 aromatic rings. The van der Waals surface area contributed by atoms with E-state index in [1.165, 1.54) is 29.5 Å². The Kier molecular flexibility index (Phi) is 4.42. The molecule has 22 heavy (non-hydrogen) atoms. The van der Waals surface area contributed by atoms with Crippen LogP contribution in [0, 0.1) is 0 Å². The third-order valence-electron chi connectivity index (χ3n) is 2.72. The van der Waals surface area contributed by atoms with Crippen molar-refractivity contribution >= 4 is 40.5 Å². The van der Waals surface area contributed by atoms with E-state index in [2.05, 4.69) is 10.1 Å². The monoisotopic (exact) mass is 354 g/mol. The number of aromatic nitrogens is 2. The predicted octanol–water partition coefficient (Wildman–Crippen LogP) is 4.46. The van der Waals surface area contributed by atoms with Gasteiger partial charge in [0, 0.05) is 5.38 Å². The summed E-state index contributed by atoms with van der Waals surface area (Å²) in [6.07, 6.45) is 0. The first-order valence-corrected chi connectivity index (χ1v) is 7.80. The lowest BCUT2D eigenvalue weighted by Crippen LogP contribution is -2.06. The van der Waals surface area contributed by atoms with Gasteiger partial charge in [-0.25, -0.2) is 4.79 Å². The number of hydrogen-bond acceptors (Lipinski definition) is 6. The van der Waals surface area contributed by atoms with Gasteiger partial charge in [-0.15, -0.1) is 0 Å². The molecule has 0 fully saturated rings. The summed E-state index contributed by atoms with van der Waals surface area (Å²) in [4.78, 5) is 16.1. The molecule has 0 amide bonds. The van der Waals surface area contributed by atoms with Gasteiger partial charge in [-0.05, 0) is 29.6 Å². The van der Waals surface area contributed by atoms with Crippen molar-refractivity contribution in [1.82, 2.24) is 10.1 Å². The highest BCUT2D eigenvalue weighted by molar-refractivity contribution is 7.08. The first-order valence-electron chi connectivity index (χ1n) is 6.11. The minimum Gasteiger partial charge on any atom is -0.454 e. The molecule has 0 aliphatic carbocycles. The average Bonchev–Trinajstić information content (AvgIpc) is 3.18. The molecule has 0 saturated heterocycles. The average molecular weight is 355 g/mol. The Morgan fingerprint density at radius 2 is 2.14 bits per heavy atom. The maximum atomic E-state index is 11.9. The molecule has 0 spiro atoms. The maximum absolute atomic E-state index is 11.9. The lowest BCUT2D eigenvalue weighted by atomic mass is 10.2. The minimum absolute atomic E-state index is 0.0906. The smallest absolute Gasteiger partial charge is 0.338 e. The third kappa shape index (κ3) is 3.30. The lowest BCUT2D eigenvalue weighted by Gasteiger charge is -2.03. The number of rotatable bonds is 4. The molecule has 2 heterocycles. The first-order chi connectivity index (χ1) is 10.6. The Balaban J connectivity index is 1.65. The van der Waals surface area contributed by atoms with Crippen LogP contribution in [0.15, 0.2) is 39.5 Å². The van der Waals surface area contributed by atoms with Crippen molar-refractivity contribution in [3.05, 3.63) is 56.5 Å². The molecule has 8 heteroatoms. The van der Waals surface area contributed by atoms with Crippen LogP contribution in [0.2, 0.25) is 10.0 Å². The van der Waals surface area contributed by atoms with Crippen LogP contribution in [0.1, 0.15) is 16.2 Å². The summed E-state index contributed by atoms with van der Waals surface area (Å²) < 4.78 is 10.2. The second-order valence-corrected chi connectivity index (χ2v) is 5.83. The van der Waals surface area contributed by atoms with E-state index >= 15 is 0 Å². The van der Waals surface area contributed by atoms with E-state index in [0.29, 0.717) is 16.5 Å². The van der Waals surface area contributed by atoms with E-state index < -0.39 is 5.97 Å². The van der Waals surface area contributed by atoms with Gasteiger partial charge in [-0.1, -0.05) is 28.4 Å². The predicted molar refractivity (Wildman–Crippen MR) is 83.2 cm³/mol. The van der Waals surface area contributed by atoms with Gasteiger partial charge in [-0.3, -0.25) is 0 Å². The van der Waals surface area contributed by atoms with Crippen LogP contribution in [-0.4, -0.2) is 16.1 Å². The fourth-order valence-corrected chi connectivity index (χ4v) is 2.58. The summed E-state index contributed by atoms with van der Waals surface area (Å²) in [7, 11) is 0. The summed E-state index contributed by atoms with van der Waals surface area (Å²) >= 11 is 13.2. The van der Waals surface area contributed by atoms with Crippen LogP contribution in [0.4, 0.5) is 0 Å². The normalized spacial score (nSPS) is 10.6. The van der Waals surface area contributed by atoms with E-state index in [1.807, 2.05) is 16.8 Å². The standard InChI is InChI=1S/C14H8Cl2N2O3S/c15-10-2-1-8(5-11(10)16)14(19)20-6-12-17-13(21-18-12)9-3-4-22-7-9/h1-5,7H,6H2. The van der Waals surface area contributed by atoms with Crippen molar-refractivity contribution < 1.29 is 14.1 Å². The first kappa shape index (κ1) is 15.0. The van der Waals surface area contributed by atoms with Gasteiger partial charge in [0.1, 0.15) is 0 Å². The molecule has 0 aliphatic heterocycles. The highest BCUT2D eigenvalue weighted by Gasteiger charge is 2.13. The Morgan fingerprint density at radius 3 is 2.86 bits per heavy atom. The Morgan fingerprint density at radius 1 is 1.27 bits per heavy atom. The molecule has 3 rings (SSSR count). The quantitative estimate of drug-likeness (QED) is 0.647. The second-order valence-electron chi connectivity index (χ2n) is 4.23. The molecule has 0 bridgehead atoms. The Bertz CT molecular complexity index is 802. The number of nitrogens with zero attached hydrogens (tertiary/aromatic N) is 2. The van der Waals surface area contributed by atoms with E-state index in [4.69, 9.17) is 32.5 Å². The van der Waals surface area contributed by atoms with Gasteiger partial charge in [0.25, 0.3) is 5.89 Å². The topological polar surface area (TPSA) is 65.2 Å². The number of ether oxygens (including phenoxy) is 1. The van der Waals surface area contributed by atoms with Crippen molar-refractivity contribution in [3.63, 3.8) is 0 Å². The van der Waals surface area contributed by atoms with Crippen LogP contribution in [-0.2, 0) is 11.3 Å². The van der Waals surface area contributed by atoms with E-state index in [9.17, 15) is 4.79 Å². The fourth-order valence-electron chi connectivity index (χ4n) is 1.65. The Hall–Kier alpha value is -1.89. The maximum Gasteiger partial charge on any atom is 0.338 e. The molecule has 0 unspecified atom stereocenters. The van der Waals surface area contributed by atoms with Crippen LogP contribution in [0.3, 0.4) is 0 Å². The number of hydrogen-bond donors (Lipinski definition) is 0. The summed E-state index contributed by atoms with van der Waals surface area (Å²) in [5, 5.41) is 8.22. The van der Waals surface area contributed by atoms with Crippen molar-refractivity contribution in [2.24, 2.45) is 0 Å². The molecule has 112 valence electrons. The molecule has 0 saturated carbocycles. The number of halogens is 2. The van der Waals surface area contributed by atoms with Gasteiger partial charge in [0.15, 0.2) is 6.61 Å². The van der Waals surface area contributed by atoms with Gasteiger partial charge >= 0.3 is 5.97 Å². The fraction of sp³-hybridized carbons (Fsp3) is 0.0714. The van der Waals surface area contributed by atoms with Gasteiger partial charge in [0.05, 0.1) is 21.2 Å². The number of carbonyl (C=O) groups is 1. The van der Waals surface area contributed by atoms with E-state index in [0.717, 1.165) is 5.56 Å². The molecule has 2 aromatic heterocycles. The molecule has 0 N–H and O–H groups in total. The number of thiophene rings is 1. The number of benzene rings is 1. The zero-order chi connectivity index (χ0) is 15.5. The van der Waals surface area contributed by atoms with Crippen LogP contribution in [0.25, 0.3) is 11.5 Å². The SMILES string of the molecule is O=C(OCc1noc(-c2ccsc2)n1)c1ccc(Cl)c(Cl)c1. The molecular formula is C14H8Cl2N2O3S. The molecule has 0 atom stereocenters. The second kappa shape index (κ2) is 6.48. The van der Waals surface area contributed by atoms with Gasteiger partial charge in [0.2, 0.25) is 5.82 Å². The van der Waals surface area contributed by atoms with E-state index in [-0.39, 0.29) is 17.5 Å². The summed E-state index contributed by atoms with van der Waals surface area (Å²) in [6.45, 7) is -0.0906.